The van der Waals surface area contributed by atoms with Crippen molar-refractivity contribution in [1.29, 1.82) is 0 Å². The number of para-hydroxylation sites is 2. The zero-order valence-corrected chi connectivity index (χ0v) is 13.7. The van der Waals surface area contributed by atoms with Crippen LogP contribution in [-0.2, 0) is 6.54 Å². The number of aryl methyl sites for hydroxylation is 1. The van der Waals surface area contributed by atoms with Crippen molar-refractivity contribution in [3.05, 3.63) is 59.7 Å². The molecule has 0 bridgehead atoms. The van der Waals surface area contributed by atoms with Crippen molar-refractivity contribution >= 4 is 5.69 Å². The van der Waals surface area contributed by atoms with Gasteiger partial charge in [-0.25, -0.2) is 0 Å². The Morgan fingerprint density at radius 2 is 1.82 bits per heavy atom. The van der Waals surface area contributed by atoms with Gasteiger partial charge in [-0.1, -0.05) is 42.0 Å². The minimum atomic E-state index is 0.183. The van der Waals surface area contributed by atoms with Crippen LogP contribution in [-0.4, -0.2) is 19.2 Å². The van der Waals surface area contributed by atoms with Gasteiger partial charge in [0.2, 0.25) is 0 Å². The third-order valence-electron chi connectivity index (χ3n) is 3.28. The number of hydrogen-bond acceptors (Lipinski definition) is 3. The number of rotatable bonds is 8. The molecular weight excluding hydrogens is 272 g/mol. The summed E-state index contributed by atoms with van der Waals surface area (Å²) in [6.45, 7) is 8.87. The van der Waals surface area contributed by atoms with Crippen molar-refractivity contribution in [2.24, 2.45) is 0 Å². The van der Waals surface area contributed by atoms with Gasteiger partial charge >= 0.3 is 0 Å². The lowest BCUT2D eigenvalue weighted by Crippen LogP contribution is -2.22. The van der Waals surface area contributed by atoms with Gasteiger partial charge in [0.05, 0.1) is 11.8 Å². The Morgan fingerprint density at radius 3 is 2.59 bits per heavy atom. The highest BCUT2D eigenvalue weighted by Gasteiger charge is 2.03. The van der Waals surface area contributed by atoms with E-state index in [0.29, 0.717) is 0 Å². The Labute approximate surface area is 133 Å². The Balaban J connectivity index is 1.75. The Kier molecular flexibility index (Phi) is 6.28. The summed E-state index contributed by atoms with van der Waals surface area (Å²) in [5.41, 5.74) is 3.68. The maximum absolute atomic E-state index is 5.80. The van der Waals surface area contributed by atoms with E-state index in [1.807, 2.05) is 32.0 Å². The van der Waals surface area contributed by atoms with E-state index in [1.165, 1.54) is 11.1 Å². The third kappa shape index (κ3) is 5.41. The summed E-state index contributed by atoms with van der Waals surface area (Å²) in [5.74, 6) is 0.913. The van der Waals surface area contributed by atoms with Crippen LogP contribution in [0.15, 0.2) is 48.5 Å². The van der Waals surface area contributed by atoms with Crippen LogP contribution in [0.2, 0.25) is 0 Å². The molecule has 3 heteroatoms. The Hall–Kier alpha value is -2.00. The molecule has 0 heterocycles. The second kappa shape index (κ2) is 8.44. The maximum atomic E-state index is 5.80. The molecule has 0 aliphatic heterocycles. The number of hydrogen-bond donors (Lipinski definition) is 2. The summed E-state index contributed by atoms with van der Waals surface area (Å²) in [4.78, 5) is 0. The standard InChI is InChI=1S/C19H26N2O/c1-15(2)22-19-10-5-4-9-18(19)21-12-11-20-14-17-8-6-7-16(3)13-17/h4-10,13,15,20-21H,11-12,14H2,1-3H3. The predicted molar refractivity (Wildman–Crippen MR) is 93.6 cm³/mol. The first kappa shape index (κ1) is 16.4. The van der Waals surface area contributed by atoms with Gasteiger partial charge in [-0.05, 0) is 38.5 Å². The van der Waals surface area contributed by atoms with Crippen molar-refractivity contribution in [3.8, 4) is 5.75 Å². The topological polar surface area (TPSA) is 33.3 Å². The summed E-state index contributed by atoms with van der Waals surface area (Å²) in [6.07, 6.45) is 0.183. The van der Waals surface area contributed by atoms with Gasteiger partial charge in [-0.2, -0.15) is 0 Å². The molecule has 0 aliphatic carbocycles. The van der Waals surface area contributed by atoms with Gasteiger partial charge in [-0.3, -0.25) is 0 Å². The molecule has 0 amide bonds. The van der Waals surface area contributed by atoms with Crippen LogP contribution in [0.5, 0.6) is 5.75 Å². The van der Waals surface area contributed by atoms with Crippen molar-refractivity contribution in [2.75, 3.05) is 18.4 Å². The molecule has 0 unspecified atom stereocenters. The van der Waals surface area contributed by atoms with Crippen molar-refractivity contribution < 1.29 is 4.74 Å². The monoisotopic (exact) mass is 298 g/mol. The molecule has 0 atom stereocenters. The van der Waals surface area contributed by atoms with Gasteiger partial charge in [-0.15, -0.1) is 0 Å². The highest BCUT2D eigenvalue weighted by molar-refractivity contribution is 5.56. The van der Waals surface area contributed by atoms with E-state index >= 15 is 0 Å². The van der Waals surface area contributed by atoms with E-state index in [4.69, 9.17) is 4.74 Å². The molecule has 0 fully saturated rings. The van der Waals surface area contributed by atoms with Gasteiger partial charge in [0.25, 0.3) is 0 Å². The number of ether oxygens (including phenoxy) is 1. The average Bonchev–Trinajstić information content (AvgIpc) is 2.48. The molecule has 0 spiro atoms. The Bertz CT molecular complexity index is 581. The summed E-state index contributed by atoms with van der Waals surface area (Å²) >= 11 is 0. The van der Waals surface area contributed by atoms with Crippen LogP contribution in [0.4, 0.5) is 5.69 Å². The fraction of sp³-hybridized carbons (Fsp3) is 0.368. The fourth-order valence-corrected chi connectivity index (χ4v) is 2.31. The number of nitrogens with one attached hydrogen (secondary N) is 2. The van der Waals surface area contributed by atoms with E-state index in [1.54, 1.807) is 0 Å². The fourth-order valence-electron chi connectivity index (χ4n) is 2.31. The molecule has 0 radical (unpaired) electrons. The van der Waals surface area contributed by atoms with E-state index in [0.717, 1.165) is 31.1 Å². The first-order valence-corrected chi connectivity index (χ1v) is 7.91. The number of anilines is 1. The minimum Gasteiger partial charge on any atom is -0.489 e. The molecule has 2 rings (SSSR count). The van der Waals surface area contributed by atoms with E-state index < -0.39 is 0 Å². The largest absolute Gasteiger partial charge is 0.489 e. The smallest absolute Gasteiger partial charge is 0.142 e. The van der Waals surface area contributed by atoms with Crippen LogP contribution in [0.25, 0.3) is 0 Å². The normalized spacial score (nSPS) is 10.7. The second-order valence-corrected chi connectivity index (χ2v) is 5.76. The molecule has 3 nitrogen and oxygen atoms in total. The summed E-state index contributed by atoms with van der Waals surface area (Å²) < 4.78 is 5.80. The highest BCUT2D eigenvalue weighted by Crippen LogP contribution is 2.24. The molecule has 22 heavy (non-hydrogen) atoms. The highest BCUT2D eigenvalue weighted by atomic mass is 16.5. The zero-order chi connectivity index (χ0) is 15.8. The molecule has 0 aliphatic rings. The molecule has 0 aromatic heterocycles. The van der Waals surface area contributed by atoms with Crippen LogP contribution >= 0.6 is 0 Å². The van der Waals surface area contributed by atoms with E-state index in [2.05, 4.69) is 47.9 Å². The zero-order valence-electron chi connectivity index (χ0n) is 13.7. The second-order valence-electron chi connectivity index (χ2n) is 5.76. The van der Waals surface area contributed by atoms with Crippen molar-refractivity contribution in [1.82, 2.24) is 5.32 Å². The third-order valence-corrected chi connectivity index (χ3v) is 3.28. The molecular formula is C19H26N2O. The lowest BCUT2D eigenvalue weighted by molar-refractivity contribution is 0.243. The van der Waals surface area contributed by atoms with Crippen molar-refractivity contribution in [3.63, 3.8) is 0 Å². The molecule has 2 N–H and O–H groups in total. The van der Waals surface area contributed by atoms with Crippen LogP contribution in [0, 0.1) is 6.92 Å². The van der Waals surface area contributed by atoms with E-state index in [-0.39, 0.29) is 6.10 Å². The average molecular weight is 298 g/mol. The molecule has 2 aromatic rings. The lowest BCUT2D eigenvalue weighted by Gasteiger charge is -2.15. The van der Waals surface area contributed by atoms with Crippen LogP contribution in [0.3, 0.4) is 0 Å². The summed E-state index contributed by atoms with van der Waals surface area (Å²) in [7, 11) is 0. The molecule has 118 valence electrons. The molecule has 0 saturated carbocycles. The van der Waals surface area contributed by atoms with Gasteiger partial charge in [0.1, 0.15) is 5.75 Å². The maximum Gasteiger partial charge on any atom is 0.142 e. The van der Waals surface area contributed by atoms with Crippen LogP contribution in [0.1, 0.15) is 25.0 Å². The van der Waals surface area contributed by atoms with E-state index in [9.17, 15) is 0 Å². The summed E-state index contributed by atoms with van der Waals surface area (Å²) in [5, 5.41) is 6.88. The van der Waals surface area contributed by atoms with Crippen LogP contribution < -0.4 is 15.4 Å². The first-order valence-electron chi connectivity index (χ1n) is 7.91. The van der Waals surface area contributed by atoms with Gasteiger partial charge < -0.3 is 15.4 Å². The quantitative estimate of drug-likeness (QED) is 0.723. The minimum absolute atomic E-state index is 0.183. The SMILES string of the molecule is Cc1cccc(CNCCNc2ccccc2OC(C)C)c1. The first-order chi connectivity index (χ1) is 10.6. The predicted octanol–water partition coefficient (Wildman–Crippen LogP) is 3.98. The number of benzene rings is 2. The summed E-state index contributed by atoms with van der Waals surface area (Å²) in [6, 6.07) is 16.7. The lowest BCUT2D eigenvalue weighted by atomic mass is 10.1. The van der Waals surface area contributed by atoms with Crippen molar-refractivity contribution in [2.45, 2.75) is 33.4 Å². The molecule has 0 saturated heterocycles. The van der Waals surface area contributed by atoms with Gasteiger partial charge in [0.15, 0.2) is 0 Å². The van der Waals surface area contributed by atoms with Gasteiger partial charge in [0, 0.05) is 19.6 Å². The Morgan fingerprint density at radius 1 is 1.00 bits per heavy atom. The molecule has 2 aromatic carbocycles.